The predicted octanol–water partition coefficient (Wildman–Crippen LogP) is 2.39. The molecular weight excluding hydrogens is 312 g/mol. The molecule has 3 unspecified atom stereocenters. The van der Waals surface area contributed by atoms with E-state index in [9.17, 15) is 15.4 Å². The van der Waals surface area contributed by atoms with Crippen LogP contribution in [-0.4, -0.2) is 41.3 Å². The van der Waals surface area contributed by atoms with Crippen LogP contribution in [0.1, 0.15) is 59.3 Å². The van der Waals surface area contributed by atoms with Crippen LogP contribution in [0, 0.1) is 21.4 Å². The maximum atomic E-state index is 12.0. The van der Waals surface area contributed by atoms with Gasteiger partial charge in [0.15, 0.2) is 0 Å². The normalized spacial score (nSPS) is 26.8. The molecule has 0 aromatic carbocycles. The van der Waals surface area contributed by atoms with Gasteiger partial charge in [0.05, 0.1) is 24.6 Å². The molecule has 8 heteroatoms. The molecular formula is C16H28N4O4. The monoisotopic (exact) mass is 340 g/mol. The number of hydrogen-bond donors (Lipinski definition) is 1. The SMILES string of the molecule is CCCC1(C(CC#N)(CCCCN=C(C)N)[N+](=O)[O-])OCC(C)O1. The minimum absolute atomic E-state index is 0.208. The minimum atomic E-state index is -1.57. The van der Waals surface area contributed by atoms with Crippen LogP contribution in [0.4, 0.5) is 0 Å². The second kappa shape index (κ2) is 8.94. The van der Waals surface area contributed by atoms with Crippen LogP contribution in [0.15, 0.2) is 4.99 Å². The molecule has 2 N–H and O–H groups in total. The van der Waals surface area contributed by atoms with Crippen LogP contribution in [0.3, 0.4) is 0 Å². The van der Waals surface area contributed by atoms with Gasteiger partial charge in [-0.25, -0.2) is 0 Å². The summed E-state index contributed by atoms with van der Waals surface area (Å²) in [5.41, 5.74) is 3.92. The second-order valence-electron chi connectivity index (χ2n) is 6.35. The third-order valence-electron chi connectivity index (χ3n) is 4.31. The molecule has 0 spiro atoms. The van der Waals surface area contributed by atoms with E-state index in [4.69, 9.17) is 15.2 Å². The van der Waals surface area contributed by atoms with Crippen LogP contribution < -0.4 is 5.73 Å². The van der Waals surface area contributed by atoms with Gasteiger partial charge in [-0.1, -0.05) is 13.3 Å². The fourth-order valence-electron chi connectivity index (χ4n) is 3.21. The van der Waals surface area contributed by atoms with E-state index in [0.717, 1.165) is 0 Å². The van der Waals surface area contributed by atoms with Crippen molar-refractivity contribution in [3.8, 4) is 6.07 Å². The van der Waals surface area contributed by atoms with E-state index in [0.29, 0.717) is 44.7 Å². The molecule has 136 valence electrons. The molecule has 0 aromatic rings. The van der Waals surface area contributed by atoms with E-state index in [1.807, 2.05) is 19.9 Å². The maximum absolute atomic E-state index is 12.0. The highest BCUT2D eigenvalue weighted by atomic mass is 16.8. The molecule has 0 aromatic heterocycles. The summed E-state index contributed by atoms with van der Waals surface area (Å²) in [6.07, 6.45) is 2.01. The number of ether oxygens (including phenoxy) is 2. The van der Waals surface area contributed by atoms with Crippen LogP contribution in [-0.2, 0) is 9.47 Å². The molecule has 1 rings (SSSR count). The van der Waals surface area contributed by atoms with Gasteiger partial charge in [0.2, 0.25) is 5.79 Å². The van der Waals surface area contributed by atoms with Gasteiger partial charge in [-0.3, -0.25) is 15.1 Å². The van der Waals surface area contributed by atoms with Crippen molar-refractivity contribution in [1.29, 1.82) is 5.26 Å². The summed E-state index contributed by atoms with van der Waals surface area (Å²) in [5.74, 6) is -0.848. The number of rotatable bonds is 10. The van der Waals surface area contributed by atoms with Gasteiger partial charge in [0, 0.05) is 24.3 Å². The zero-order chi connectivity index (χ0) is 18.2. The van der Waals surface area contributed by atoms with E-state index in [1.165, 1.54) is 0 Å². The lowest BCUT2D eigenvalue weighted by molar-refractivity contribution is -0.612. The van der Waals surface area contributed by atoms with E-state index in [-0.39, 0.29) is 23.9 Å². The molecule has 8 nitrogen and oxygen atoms in total. The summed E-state index contributed by atoms with van der Waals surface area (Å²) in [6.45, 7) is 6.27. The number of aliphatic imine (C=N–C) groups is 1. The number of nitrogens with two attached hydrogens (primary N) is 1. The lowest BCUT2D eigenvalue weighted by Gasteiger charge is -2.38. The van der Waals surface area contributed by atoms with Gasteiger partial charge >= 0.3 is 0 Å². The quantitative estimate of drug-likeness (QED) is 0.214. The Hall–Kier alpha value is -1.72. The van der Waals surface area contributed by atoms with Crippen molar-refractivity contribution >= 4 is 5.84 Å². The molecule has 0 bridgehead atoms. The number of nitrogens with zero attached hydrogens (tertiary/aromatic N) is 3. The molecule has 24 heavy (non-hydrogen) atoms. The first-order valence-corrected chi connectivity index (χ1v) is 8.43. The summed E-state index contributed by atoms with van der Waals surface area (Å²) in [5, 5.41) is 21.2. The van der Waals surface area contributed by atoms with Crippen LogP contribution in [0.2, 0.25) is 0 Å². The summed E-state index contributed by atoms with van der Waals surface area (Å²) in [6, 6.07) is 1.97. The summed E-state index contributed by atoms with van der Waals surface area (Å²) in [4.78, 5) is 15.7. The smallest absolute Gasteiger partial charge is 0.287 e. The molecule has 1 aliphatic heterocycles. The maximum Gasteiger partial charge on any atom is 0.287 e. The molecule has 1 heterocycles. The Morgan fingerprint density at radius 2 is 2.29 bits per heavy atom. The van der Waals surface area contributed by atoms with Crippen LogP contribution in [0.5, 0.6) is 0 Å². The fraction of sp³-hybridized carbons (Fsp3) is 0.875. The lowest BCUT2D eigenvalue weighted by atomic mass is 9.79. The topological polar surface area (TPSA) is 124 Å². The number of unbranched alkanes of at least 4 members (excludes halogenated alkanes) is 1. The van der Waals surface area contributed by atoms with Gasteiger partial charge in [0.1, 0.15) is 6.42 Å². The largest absolute Gasteiger partial charge is 0.388 e. The Balaban J connectivity index is 3.02. The molecule has 1 saturated heterocycles. The Morgan fingerprint density at radius 3 is 2.75 bits per heavy atom. The summed E-state index contributed by atoms with van der Waals surface area (Å²) < 4.78 is 11.7. The molecule has 1 aliphatic rings. The second-order valence-corrected chi connectivity index (χ2v) is 6.35. The highest BCUT2D eigenvalue weighted by Crippen LogP contribution is 2.44. The lowest BCUT2D eigenvalue weighted by Crippen LogP contribution is -2.60. The number of nitro groups is 1. The van der Waals surface area contributed by atoms with Crippen molar-refractivity contribution in [2.24, 2.45) is 10.7 Å². The number of nitriles is 1. The van der Waals surface area contributed by atoms with Crippen molar-refractivity contribution in [1.82, 2.24) is 0 Å². The minimum Gasteiger partial charge on any atom is -0.388 e. The zero-order valence-corrected chi connectivity index (χ0v) is 14.8. The molecule has 1 fully saturated rings. The van der Waals surface area contributed by atoms with Crippen molar-refractivity contribution in [2.45, 2.75) is 76.7 Å². The Bertz CT molecular complexity index is 497. The fourth-order valence-corrected chi connectivity index (χ4v) is 3.21. The predicted molar refractivity (Wildman–Crippen MR) is 90.1 cm³/mol. The van der Waals surface area contributed by atoms with Gasteiger partial charge in [0.25, 0.3) is 5.54 Å². The molecule has 0 amide bonds. The highest BCUT2D eigenvalue weighted by Gasteiger charge is 2.65. The average molecular weight is 340 g/mol. The number of amidine groups is 1. The summed E-state index contributed by atoms with van der Waals surface area (Å²) >= 11 is 0. The van der Waals surface area contributed by atoms with Crippen molar-refractivity contribution in [2.75, 3.05) is 13.2 Å². The standard InChI is InChI=1S/C16H28N4O4/c1-4-7-16(23-12-13(2)24-16)15(9-10-17,20(21)22)8-5-6-11-19-14(3)18/h13H,4-9,11-12H2,1-3H3,(H2,18,19). The Labute approximate surface area is 143 Å². The Kier molecular flexibility index (Phi) is 7.58. The third kappa shape index (κ3) is 4.42. The summed E-state index contributed by atoms with van der Waals surface area (Å²) in [7, 11) is 0. The van der Waals surface area contributed by atoms with Gasteiger partial charge in [-0.15, -0.1) is 0 Å². The number of hydrogen-bond acceptors (Lipinski definition) is 6. The highest BCUT2D eigenvalue weighted by molar-refractivity contribution is 5.77. The first kappa shape index (κ1) is 20.3. The first-order chi connectivity index (χ1) is 11.3. The van der Waals surface area contributed by atoms with Gasteiger partial charge < -0.3 is 15.2 Å². The first-order valence-electron chi connectivity index (χ1n) is 8.43. The Morgan fingerprint density at radius 1 is 1.58 bits per heavy atom. The van der Waals surface area contributed by atoms with Crippen molar-refractivity contribution in [3.63, 3.8) is 0 Å². The molecule has 0 saturated carbocycles. The molecule has 0 aliphatic carbocycles. The van der Waals surface area contributed by atoms with Gasteiger partial charge in [-0.05, 0) is 26.7 Å². The molecule has 3 atom stereocenters. The van der Waals surface area contributed by atoms with Crippen LogP contribution in [0.25, 0.3) is 0 Å². The van der Waals surface area contributed by atoms with E-state index in [2.05, 4.69) is 4.99 Å². The average Bonchev–Trinajstić information content (AvgIpc) is 2.88. The van der Waals surface area contributed by atoms with E-state index in [1.54, 1.807) is 6.92 Å². The van der Waals surface area contributed by atoms with E-state index < -0.39 is 11.3 Å². The van der Waals surface area contributed by atoms with Crippen molar-refractivity contribution in [3.05, 3.63) is 10.1 Å². The van der Waals surface area contributed by atoms with Crippen molar-refractivity contribution < 1.29 is 14.4 Å². The molecule has 0 radical (unpaired) electrons. The third-order valence-corrected chi connectivity index (χ3v) is 4.31. The van der Waals surface area contributed by atoms with E-state index >= 15 is 0 Å². The van der Waals surface area contributed by atoms with Crippen LogP contribution >= 0.6 is 0 Å². The zero-order valence-electron chi connectivity index (χ0n) is 14.8. The van der Waals surface area contributed by atoms with Gasteiger partial charge in [-0.2, -0.15) is 5.26 Å².